The monoisotopic (exact) mass is 258 g/mol. The van der Waals surface area contributed by atoms with Crippen molar-refractivity contribution in [1.82, 2.24) is 9.97 Å². The van der Waals surface area contributed by atoms with E-state index < -0.39 is 0 Å². The van der Waals surface area contributed by atoms with Crippen molar-refractivity contribution >= 4 is 17.5 Å². The van der Waals surface area contributed by atoms with E-state index >= 15 is 0 Å². The lowest BCUT2D eigenvalue weighted by Crippen LogP contribution is -2.13. The number of amides is 1. The van der Waals surface area contributed by atoms with Gasteiger partial charge in [0.1, 0.15) is 0 Å². The first-order valence-corrected chi connectivity index (χ1v) is 6.20. The molecule has 0 radical (unpaired) electrons. The van der Waals surface area contributed by atoms with Crippen LogP contribution in [0.5, 0.6) is 0 Å². The molecule has 2 rings (SSSR count). The average molecular weight is 258 g/mol. The molecule has 0 spiro atoms. The molecule has 0 aliphatic rings. The number of aromatic nitrogens is 2. The number of carbonyl (C=O) groups excluding carboxylic acids is 1. The topological polar surface area (TPSA) is 61.0 Å². The summed E-state index contributed by atoms with van der Waals surface area (Å²) in [7, 11) is 4.01. The van der Waals surface area contributed by atoms with Crippen molar-refractivity contribution in [1.29, 1.82) is 0 Å². The zero-order chi connectivity index (χ0) is 13.7. The van der Waals surface area contributed by atoms with Crippen molar-refractivity contribution in [2.45, 2.75) is 12.8 Å². The van der Waals surface area contributed by atoms with E-state index in [1.54, 1.807) is 12.4 Å². The number of nitrogens with zero attached hydrogens (tertiary/aromatic N) is 2. The number of nitrogens with one attached hydrogen (secondary N) is 2. The third-order valence-corrected chi connectivity index (χ3v) is 2.85. The van der Waals surface area contributed by atoms with Gasteiger partial charge in [0.05, 0.1) is 0 Å². The van der Waals surface area contributed by atoms with Crippen molar-refractivity contribution in [2.75, 3.05) is 24.3 Å². The molecule has 0 saturated carbocycles. The highest BCUT2D eigenvalue weighted by Gasteiger charge is 2.04. The molecule has 0 bridgehead atoms. The molecule has 1 heterocycles. The Balaban J connectivity index is 1.83. The first kappa shape index (κ1) is 13.1. The summed E-state index contributed by atoms with van der Waals surface area (Å²) in [5, 5.41) is 2.71. The summed E-state index contributed by atoms with van der Waals surface area (Å²) in [5.74, 6) is 0.458. The fourth-order valence-electron chi connectivity index (χ4n) is 1.75. The molecule has 0 unspecified atom stereocenters. The summed E-state index contributed by atoms with van der Waals surface area (Å²) in [6.07, 6.45) is 4.45. The quantitative estimate of drug-likeness (QED) is 0.862. The van der Waals surface area contributed by atoms with E-state index in [2.05, 4.69) is 39.6 Å². The Kier molecular flexibility index (Phi) is 4.18. The maximum Gasteiger partial charge on any atom is 0.227 e. The summed E-state index contributed by atoms with van der Waals surface area (Å²) >= 11 is 0. The van der Waals surface area contributed by atoms with Crippen LogP contribution in [-0.2, 0) is 11.2 Å². The molecule has 0 fully saturated rings. The molecule has 1 aromatic heterocycles. The largest absolute Gasteiger partial charge is 0.378 e. The Morgan fingerprint density at radius 3 is 2.63 bits per heavy atom. The molecule has 100 valence electrons. The van der Waals surface area contributed by atoms with Crippen LogP contribution < -0.4 is 10.2 Å². The molecule has 0 aliphatic carbocycles. The molecular formula is C14H18N4O. The summed E-state index contributed by atoms with van der Waals surface area (Å²) in [5.41, 5.74) is 2.31. The van der Waals surface area contributed by atoms with Gasteiger partial charge in [0.2, 0.25) is 11.9 Å². The van der Waals surface area contributed by atoms with E-state index in [1.165, 1.54) is 0 Å². The van der Waals surface area contributed by atoms with Crippen LogP contribution >= 0.6 is 0 Å². The third-order valence-electron chi connectivity index (χ3n) is 2.85. The van der Waals surface area contributed by atoms with Gasteiger partial charge in [-0.25, -0.2) is 4.98 Å². The van der Waals surface area contributed by atoms with Gasteiger partial charge < -0.3 is 9.88 Å². The Hall–Kier alpha value is -2.30. The SMILES string of the molecule is CN(C)c1ccc(CCC(=O)Nc2ncc[nH]2)cc1. The van der Waals surface area contributed by atoms with Crippen molar-refractivity contribution in [2.24, 2.45) is 0 Å². The Bertz CT molecular complexity index is 517. The molecule has 2 N–H and O–H groups in total. The molecule has 2 aromatic rings. The number of aromatic amines is 1. The number of imidazole rings is 1. The fraction of sp³-hybridized carbons (Fsp3) is 0.286. The molecule has 0 aliphatic heterocycles. The van der Waals surface area contributed by atoms with Gasteiger partial charge in [0.15, 0.2) is 0 Å². The van der Waals surface area contributed by atoms with E-state index in [0.29, 0.717) is 12.4 Å². The number of benzene rings is 1. The zero-order valence-corrected chi connectivity index (χ0v) is 11.2. The summed E-state index contributed by atoms with van der Waals surface area (Å²) < 4.78 is 0. The van der Waals surface area contributed by atoms with Crippen LogP contribution in [0, 0.1) is 0 Å². The van der Waals surface area contributed by atoms with Gasteiger partial charge in [-0.05, 0) is 24.1 Å². The van der Waals surface area contributed by atoms with Crippen LogP contribution in [0.1, 0.15) is 12.0 Å². The van der Waals surface area contributed by atoms with Gasteiger partial charge in [-0.2, -0.15) is 0 Å². The van der Waals surface area contributed by atoms with Gasteiger partial charge in [-0.15, -0.1) is 0 Å². The molecule has 0 atom stereocenters. The second-order valence-corrected chi connectivity index (χ2v) is 4.55. The highest BCUT2D eigenvalue weighted by molar-refractivity contribution is 5.89. The minimum atomic E-state index is -0.0355. The Morgan fingerprint density at radius 2 is 2.05 bits per heavy atom. The number of rotatable bonds is 5. The predicted molar refractivity (Wildman–Crippen MR) is 76.3 cm³/mol. The minimum Gasteiger partial charge on any atom is -0.378 e. The van der Waals surface area contributed by atoms with E-state index in [4.69, 9.17) is 0 Å². The first-order chi connectivity index (χ1) is 9.15. The fourth-order valence-corrected chi connectivity index (χ4v) is 1.75. The Morgan fingerprint density at radius 1 is 1.32 bits per heavy atom. The zero-order valence-electron chi connectivity index (χ0n) is 11.2. The van der Waals surface area contributed by atoms with Gasteiger partial charge in [-0.1, -0.05) is 12.1 Å². The molecule has 1 amide bonds. The van der Waals surface area contributed by atoms with Crippen LogP contribution in [-0.4, -0.2) is 30.0 Å². The van der Waals surface area contributed by atoms with Crippen molar-refractivity contribution in [3.05, 3.63) is 42.2 Å². The second-order valence-electron chi connectivity index (χ2n) is 4.55. The molecule has 0 saturated heterocycles. The van der Waals surface area contributed by atoms with E-state index in [-0.39, 0.29) is 5.91 Å². The predicted octanol–water partition coefficient (Wildman–Crippen LogP) is 2.05. The molecule has 19 heavy (non-hydrogen) atoms. The lowest BCUT2D eigenvalue weighted by Gasteiger charge is -2.12. The van der Waals surface area contributed by atoms with Crippen LogP contribution in [0.2, 0.25) is 0 Å². The van der Waals surface area contributed by atoms with Crippen molar-refractivity contribution < 1.29 is 4.79 Å². The van der Waals surface area contributed by atoms with E-state index in [1.807, 2.05) is 19.0 Å². The number of carbonyl (C=O) groups is 1. The van der Waals surface area contributed by atoms with Gasteiger partial charge in [0.25, 0.3) is 0 Å². The second kappa shape index (κ2) is 6.04. The van der Waals surface area contributed by atoms with Crippen molar-refractivity contribution in [3.8, 4) is 0 Å². The molecule has 1 aromatic carbocycles. The summed E-state index contributed by atoms with van der Waals surface area (Å²) in [4.78, 5) is 20.5. The van der Waals surface area contributed by atoms with E-state index in [0.717, 1.165) is 17.7 Å². The molecule has 5 nitrogen and oxygen atoms in total. The van der Waals surface area contributed by atoms with Gasteiger partial charge in [0, 0.05) is 38.6 Å². The van der Waals surface area contributed by atoms with Gasteiger partial charge >= 0.3 is 0 Å². The maximum atomic E-state index is 11.7. The number of aryl methyl sites for hydroxylation is 1. The number of hydrogen-bond donors (Lipinski definition) is 2. The van der Waals surface area contributed by atoms with Crippen LogP contribution in [0.15, 0.2) is 36.7 Å². The highest BCUT2D eigenvalue weighted by Crippen LogP contribution is 2.13. The molecular weight excluding hydrogens is 240 g/mol. The standard InChI is InChI=1S/C14H18N4O/c1-18(2)12-6-3-11(4-7-12)5-8-13(19)17-14-15-9-10-16-14/h3-4,6-7,9-10H,5,8H2,1-2H3,(H2,15,16,17,19). The molecule has 5 heteroatoms. The third kappa shape index (κ3) is 3.84. The average Bonchev–Trinajstić information content (AvgIpc) is 2.89. The van der Waals surface area contributed by atoms with Gasteiger partial charge in [-0.3, -0.25) is 10.1 Å². The maximum absolute atomic E-state index is 11.7. The first-order valence-electron chi connectivity index (χ1n) is 6.20. The Labute approximate surface area is 112 Å². The van der Waals surface area contributed by atoms with Crippen LogP contribution in [0.4, 0.5) is 11.6 Å². The minimum absolute atomic E-state index is 0.0355. The summed E-state index contributed by atoms with van der Waals surface area (Å²) in [6, 6.07) is 8.21. The summed E-state index contributed by atoms with van der Waals surface area (Å²) in [6.45, 7) is 0. The number of H-pyrrole nitrogens is 1. The number of hydrogen-bond acceptors (Lipinski definition) is 3. The van der Waals surface area contributed by atoms with Crippen molar-refractivity contribution in [3.63, 3.8) is 0 Å². The lowest BCUT2D eigenvalue weighted by atomic mass is 10.1. The normalized spacial score (nSPS) is 10.2. The van der Waals surface area contributed by atoms with E-state index in [9.17, 15) is 4.79 Å². The van der Waals surface area contributed by atoms with Crippen LogP contribution in [0.25, 0.3) is 0 Å². The smallest absolute Gasteiger partial charge is 0.227 e. The highest BCUT2D eigenvalue weighted by atomic mass is 16.1. The number of anilines is 2. The lowest BCUT2D eigenvalue weighted by molar-refractivity contribution is -0.116. The van der Waals surface area contributed by atoms with Crippen LogP contribution in [0.3, 0.4) is 0 Å².